The van der Waals surface area contributed by atoms with E-state index in [2.05, 4.69) is 60.3 Å². The zero-order chi connectivity index (χ0) is 18.5. The number of hydrogen-bond donors (Lipinski definition) is 0. The molecule has 0 spiro atoms. The van der Waals surface area contributed by atoms with E-state index in [1.54, 1.807) is 0 Å². The van der Waals surface area contributed by atoms with Gasteiger partial charge in [-0.2, -0.15) is 0 Å². The number of hydrogen-bond acceptors (Lipinski definition) is 2. The van der Waals surface area contributed by atoms with E-state index in [-0.39, 0.29) is 15.1 Å². The van der Waals surface area contributed by atoms with Crippen molar-refractivity contribution in [3.05, 3.63) is 72.1 Å². The van der Waals surface area contributed by atoms with Crippen LogP contribution in [0, 0.1) is 25.7 Å². The van der Waals surface area contributed by atoms with Crippen molar-refractivity contribution >= 4 is 41.2 Å². The number of halogens is 2. The van der Waals surface area contributed by atoms with Gasteiger partial charge < -0.3 is 0 Å². The fraction of sp³-hybridized carbons (Fsp3) is 0.238. The van der Waals surface area contributed by atoms with Gasteiger partial charge in [-0.3, -0.25) is 9.97 Å². The van der Waals surface area contributed by atoms with E-state index in [4.69, 9.17) is 19.4 Å². The maximum atomic E-state index is 4.85. The van der Waals surface area contributed by atoms with Crippen molar-refractivity contribution < 1.29 is 15.1 Å². The second-order valence-electron chi connectivity index (χ2n) is 6.50. The third-order valence-corrected chi connectivity index (χ3v) is 4.81. The molecule has 5 heteroatoms. The van der Waals surface area contributed by atoms with E-state index in [1.807, 2.05) is 24.5 Å². The number of benzene rings is 1. The Bertz CT molecular complexity index is 880. The molecule has 2 aliphatic carbocycles. The quantitative estimate of drug-likeness (QED) is 0.211. The first-order valence-electron chi connectivity index (χ1n) is 8.45. The predicted octanol–water partition coefficient (Wildman–Crippen LogP) is 6.52. The molecule has 2 nitrogen and oxygen atoms in total. The SMILES string of the molecule is C1=CC2C=CC1C2.Cc1ccnc2c1ccc1c(C)ccnc12.[Cl][Ru][Cl]. The van der Waals surface area contributed by atoms with Gasteiger partial charge in [-0.25, -0.2) is 0 Å². The van der Waals surface area contributed by atoms with Crippen molar-refractivity contribution in [2.75, 3.05) is 0 Å². The molecule has 2 heterocycles. The number of aryl methyl sites for hydroxylation is 2. The van der Waals surface area contributed by atoms with Crippen LogP contribution in [0.1, 0.15) is 17.5 Å². The Morgan fingerprint density at radius 1 is 0.769 bits per heavy atom. The van der Waals surface area contributed by atoms with Crippen LogP contribution in [0.4, 0.5) is 0 Å². The molecule has 0 radical (unpaired) electrons. The molecule has 0 fully saturated rings. The minimum atomic E-state index is -0.346. The molecule has 1 aromatic carbocycles. The second-order valence-corrected chi connectivity index (χ2v) is 9.14. The van der Waals surface area contributed by atoms with Gasteiger partial charge in [0.1, 0.15) is 0 Å². The molecule has 2 aromatic heterocycles. The number of pyridine rings is 2. The molecule has 2 bridgehead atoms. The third kappa shape index (κ3) is 4.34. The average Bonchev–Trinajstić information content (AvgIpc) is 3.29. The topological polar surface area (TPSA) is 25.8 Å². The van der Waals surface area contributed by atoms with Gasteiger partial charge in [0.15, 0.2) is 0 Å². The summed E-state index contributed by atoms with van der Waals surface area (Å²) < 4.78 is 0. The summed E-state index contributed by atoms with van der Waals surface area (Å²) in [6.45, 7) is 4.21. The van der Waals surface area contributed by atoms with E-state index in [1.165, 1.54) is 28.3 Å². The summed E-state index contributed by atoms with van der Waals surface area (Å²) in [6, 6.07) is 8.33. The maximum absolute atomic E-state index is 4.85. The molecule has 0 amide bonds. The molecule has 0 unspecified atom stereocenters. The summed E-state index contributed by atoms with van der Waals surface area (Å²) in [5, 5.41) is 2.38. The van der Waals surface area contributed by atoms with Crippen LogP contribution in [0.3, 0.4) is 0 Å². The predicted molar refractivity (Wildman–Crippen MR) is 108 cm³/mol. The fourth-order valence-corrected chi connectivity index (χ4v) is 3.43. The Hall–Kier alpha value is -1.28. The molecule has 2 aliphatic rings. The number of allylic oxidation sites excluding steroid dienone is 4. The van der Waals surface area contributed by atoms with Crippen molar-refractivity contribution in [3.8, 4) is 0 Å². The molecule has 0 aliphatic heterocycles. The van der Waals surface area contributed by atoms with Crippen LogP contribution in [-0.2, 0) is 15.1 Å². The van der Waals surface area contributed by atoms with Gasteiger partial charge in [-0.15, -0.1) is 0 Å². The third-order valence-electron chi connectivity index (χ3n) is 4.81. The van der Waals surface area contributed by atoms with E-state index >= 15 is 0 Å². The molecule has 0 atom stereocenters. The first-order chi connectivity index (χ1) is 12.6. The molecular formula is C21H20Cl2N2Ru. The summed E-state index contributed by atoms with van der Waals surface area (Å²) >= 11 is -0.346. The van der Waals surface area contributed by atoms with Crippen LogP contribution in [0.5, 0.6) is 0 Å². The van der Waals surface area contributed by atoms with Crippen molar-refractivity contribution in [1.82, 2.24) is 9.97 Å². The Kier molecular flexibility index (Phi) is 6.81. The summed E-state index contributed by atoms with van der Waals surface area (Å²) in [4.78, 5) is 8.90. The van der Waals surface area contributed by atoms with Gasteiger partial charge in [0.05, 0.1) is 11.0 Å². The fourth-order valence-electron chi connectivity index (χ4n) is 3.43. The normalized spacial score (nSPS) is 19.4. The first kappa shape index (κ1) is 19.5. The molecule has 136 valence electrons. The molecule has 0 N–H and O–H groups in total. The second kappa shape index (κ2) is 9.08. The Morgan fingerprint density at radius 2 is 1.15 bits per heavy atom. The van der Waals surface area contributed by atoms with Gasteiger partial charge in [0, 0.05) is 23.2 Å². The van der Waals surface area contributed by atoms with Gasteiger partial charge in [-0.05, 0) is 55.4 Å². The van der Waals surface area contributed by atoms with E-state index in [0.29, 0.717) is 0 Å². The Morgan fingerprint density at radius 3 is 1.46 bits per heavy atom. The first-order valence-corrected chi connectivity index (χ1v) is 12.9. The number of rotatable bonds is 0. The zero-order valence-corrected chi connectivity index (χ0v) is 17.9. The Labute approximate surface area is 170 Å². The molecule has 26 heavy (non-hydrogen) atoms. The van der Waals surface area contributed by atoms with Gasteiger partial charge >= 0.3 is 34.5 Å². The van der Waals surface area contributed by atoms with Crippen LogP contribution >= 0.6 is 19.4 Å². The Balaban J connectivity index is 0.000000162. The summed E-state index contributed by atoms with van der Waals surface area (Å²) in [6.07, 6.45) is 14.2. The number of fused-ring (bicyclic) bond motifs is 5. The van der Waals surface area contributed by atoms with Gasteiger partial charge in [0.2, 0.25) is 0 Å². The molecular weight excluding hydrogens is 452 g/mol. The average molecular weight is 472 g/mol. The standard InChI is InChI=1S/C14H12N2.C7H8.2ClH.Ru/c1-9-5-7-15-13-11(9)3-4-12-10(2)6-8-16-14(12)13;1-2-7-4-3-6(1)5-7;;;/h3-8H,1-2H3;1-4,6-7H,5H2;2*1H;/q;;;;+2/p-2. The monoisotopic (exact) mass is 472 g/mol. The van der Waals surface area contributed by atoms with Crippen molar-refractivity contribution in [1.29, 1.82) is 0 Å². The van der Waals surface area contributed by atoms with Crippen LogP contribution in [0.2, 0.25) is 0 Å². The summed E-state index contributed by atoms with van der Waals surface area (Å²) in [5.41, 5.74) is 4.49. The zero-order valence-electron chi connectivity index (χ0n) is 14.6. The molecule has 3 aromatic rings. The van der Waals surface area contributed by atoms with Crippen LogP contribution in [-0.4, -0.2) is 9.97 Å². The van der Waals surface area contributed by atoms with Crippen molar-refractivity contribution in [3.63, 3.8) is 0 Å². The van der Waals surface area contributed by atoms with Crippen molar-refractivity contribution in [2.45, 2.75) is 20.3 Å². The summed E-state index contributed by atoms with van der Waals surface area (Å²) in [7, 11) is 9.71. The summed E-state index contributed by atoms with van der Waals surface area (Å²) in [5.74, 6) is 1.62. The number of aromatic nitrogens is 2. The minimum absolute atomic E-state index is 0.346. The number of nitrogens with zero attached hydrogens (tertiary/aromatic N) is 2. The molecule has 0 saturated heterocycles. The van der Waals surface area contributed by atoms with E-state index in [0.717, 1.165) is 22.9 Å². The van der Waals surface area contributed by atoms with Crippen LogP contribution in [0.15, 0.2) is 61.0 Å². The van der Waals surface area contributed by atoms with E-state index < -0.39 is 0 Å². The van der Waals surface area contributed by atoms with E-state index in [9.17, 15) is 0 Å². The molecule has 0 saturated carbocycles. The van der Waals surface area contributed by atoms with Crippen molar-refractivity contribution in [2.24, 2.45) is 11.8 Å². The van der Waals surface area contributed by atoms with Crippen LogP contribution < -0.4 is 0 Å². The van der Waals surface area contributed by atoms with Gasteiger partial charge in [-0.1, -0.05) is 36.4 Å². The van der Waals surface area contributed by atoms with Crippen LogP contribution in [0.25, 0.3) is 21.8 Å². The molecule has 5 rings (SSSR count). The van der Waals surface area contributed by atoms with Gasteiger partial charge in [0.25, 0.3) is 0 Å².